The molecule has 6 aromatic rings. The van der Waals surface area contributed by atoms with Crippen molar-refractivity contribution in [2.45, 2.75) is 38.9 Å². The van der Waals surface area contributed by atoms with Gasteiger partial charge in [0, 0.05) is 0 Å². The van der Waals surface area contributed by atoms with E-state index in [4.69, 9.17) is 18.9 Å². The average molecular weight is 691 g/mol. The van der Waals surface area contributed by atoms with E-state index in [1.165, 1.54) is 0 Å². The van der Waals surface area contributed by atoms with Gasteiger partial charge in [-0.25, -0.2) is 9.78 Å². The normalized spacial score (nSPS) is 12.2. The maximum atomic E-state index is 6.78. The number of hydrogen-bond donors (Lipinski definition) is 0. The minimum absolute atomic E-state index is 0.996. The van der Waals surface area contributed by atoms with Crippen molar-refractivity contribution in [3.8, 4) is 11.8 Å². The molecule has 0 bridgehead atoms. The lowest BCUT2D eigenvalue weighted by molar-refractivity contribution is -0.271. The lowest BCUT2D eigenvalue weighted by Crippen LogP contribution is -2.69. The first-order valence-corrected chi connectivity index (χ1v) is 20.7. The smallest absolute Gasteiger partial charge is 0.268 e. The third-order valence-corrected chi connectivity index (χ3v) is 16.0. The lowest BCUT2D eigenvalue weighted by atomic mass is 10.1. The second-order valence-corrected chi connectivity index (χ2v) is 19.7. The maximum Gasteiger partial charge on any atom is 0.331 e. The van der Waals surface area contributed by atoms with Crippen molar-refractivity contribution in [2.24, 2.45) is 0 Å². The van der Waals surface area contributed by atoms with Crippen LogP contribution in [0.4, 0.5) is 0 Å². The molecular formula is C44H42O4Si2. The molecule has 6 rings (SSSR count). The molecule has 0 fully saturated rings. The van der Waals surface area contributed by atoms with Gasteiger partial charge in [-0.1, -0.05) is 194 Å². The largest absolute Gasteiger partial charge is 0.331 e. The van der Waals surface area contributed by atoms with E-state index in [1.807, 2.05) is 137 Å². The van der Waals surface area contributed by atoms with Crippen LogP contribution in [0, 0.1) is 11.8 Å². The zero-order valence-electron chi connectivity index (χ0n) is 29.0. The highest BCUT2D eigenvalue weighted by Gasteiger charge is 2.46. The fraction of sp³-hybridized carbons (Fsp3) is 0.136. The zero-order valence-corrected chi connectivity index (χ0v) is 31.0. The molecule has 4 nitrogen and oxygen atoms in total. The standard InChI is InChI=1S/C44H42O4Si2/c1-43(2,45-47-49(37-23-11-5-12-24-37,38-25-13-6-14-26-38)39-27-15-7-16-28-39)35-36-44(3,4)46-48-50(40-29-17-8-18-30-40,41-31-19-9-20-32-41)42-33-21-10-22-34-42/h5-34H,1-4H3. The molecular weight excluding hydrogens is 649 g/mol. The first kappa shape index (κ1) is 35.0. The zero-order chi connectivity index (χ0) is 34.9. The van der Waals surface area contributed by atoms with Crippen molar-refractivity contribution in [1.29, 1.82) is 0 Å². The lowest BCUT2D eigenvalue weighted by Gasteiger charge is -2.34. The van der Waals surface area contributed by atoms with Crippen molar-refractivity contribution in [3.05, 3.63) is 182 Å². The molecule has 0 spiro atoms. The Hall–Kier alpha value is -4.85. The second-order valence-electron chi connectivity index (χ2n) is 13.2. The van der Waals surface area contributed by atoms with Gasteiger partial charge >= 0.3 is 16.6 Å². The van der Waals surface area contributed by atoms with Crippen LogP contribution in [-0.2, 0) is 18.9 Å². The Morgan fingerprint density at radius 1 is 0.320 bits per heavy atom. The third-order valence-electron chi connectivity index (χ3n) is 8.50. The fourth-order valence-corrected chi connectivity index (χ4v) is 13.2. The first-order chi connectivity index (χ1) is 24.3. The Bertz CT molecular complexity index is 1650. The molecule has 6 heteroatoms. The summed E-state index contributed by atoms with van der Waals surface area (Å²) >= 11 is 0. The first-order valence-electron chi connectivity index (χ1n) is 16.9. The van der Waals surface area contributed by atoms with Gasteiger partial charge in [0.15, 0.2) is 11.2 Å². The van der Waals surface area contributed by atoms with Crippen LogP contribution in [0.15, 0.2) is 182 Å². The van der Waals surface area contributed by atoms with Crippen LogP contribution in [-0.4, -0.2) is 27.8 Å². The summed E-state index contributed by atoms with van der Waals surface area (Å²) in [6.45, 7) is 7.64. The molecule has 6 aromatic carbocycles. The van der Waals surface area contributed by atoms with Crippen molar-refractivity contribution >= 4 is 47.8 Å². The molecule has 0 radical (unpaired) electrons. The minimum atomic E-state index is -3.10. The van der Waals surface area contributed by atoms with Crippen LogP contribution in [0.2, 0.25) is 0 Å². The molecule has 250 valence electrons. The van der Waals surface area contributed by atoms with E-state index in [1.54, 1.807) is 0 Å². The van der Waals surface area contributed by atoms with Crippen LogP contribution >= 0.6 is 0 Å². The molecule has 0 atom stereocenters. The molecule has 0 aliphatic rings. The van der Waals surface area contributed by atoms with E-state index in [-0.39, 0.29) is 0 Å². The van der Waals surface area contributed by atoms with Gasteiger partial charge in [0.25, 0.3) is 0 Å². The third kappa shape index (κ3) is 7.64. The van der Waals surface area contributed by atoms with Crippen molar-refractivity contribution in [2.75, 3.05) is 0 Å². The van der Waals surface area contributed by atoms with Crippen molar-refractivity contribution < 1.29 is 18.9 Å². The molecule has 0 saturated carbocycles. The summed E-state index contributed by atoms with van der Waals surface area (Å²) < 4.78 is 13.6. The van der Waals surface area contributed by atoms with Crippen LogP contribution in [0.3, 0.4) is 0 Å². The van der Waals surface area contributed by atoms with Gasteiger partial charge in [-0.05, 0) is 58.8 Å². The van der Waals surface area contributed by atoms with Crippen LogP contribution in [0.25, 0.3) is 0 Å². The van der Waals surface area contributed by atoms with Gasteiger partial charge in [0.2, 0.25) is 0 Å². The molecule has 0 saturated heterocycles. The van der Waals surface area contributed by atoms with E-state index in [0.29, 0.717) is 0 Å². The molecule has 0 aromatic heterocycles. The Labute approximate surface area is 298 Å². The summed E-state index contributed by atoms with van der Waals surface area (Å²) in [6.07, 6.45) is 0. The van der Waals surface area contributed by atoms with Gasteiger partial charge < -0.3 is 0 Å². The quantitative estimate of drug-likeness (QED) is 0.0537. The van der Waals surface area contributed by atoms with Crippen molar-refractivity contribution in [1.82, 2.24) is 0 Å². The van der Waals surface area contributed by atoms with Gasteiger partial charge in [0.05, 0.1) is 0 Å². The topological polar surface area (TPSA) is 36.9 Å². The summed E-state index contributed by atoms with van der Waals surface area (Å²) in [4.78, 5) is 12.8. The van der Waals surface area contributed by atoms with Crippen LogP contribution in [0.1, 0.15) is 27.7 Å². The number of rotatable bonds is 12. The molecule has 0 N–H and O–H groups in total. The highest BCUT2D eigenvalue weighted by molar-refractivity contribution is 7.07. The highest BCUT2D eigenvalue weighted by atomic mass is 28.4. The molecule has 0 amide bonds. The summed E-state index contributed by atoms with van der Waals surface area (Å²) in [6, 6.07) is 62.0. The Morgan fingerprint density at radius 3 is 0.680 bits per heavy atom. The minimum Gasteiger partial charge on any atom is -0.268 e. The van der Waals surface area contributed by atoms with E-state index >= 15 is 0 Å². The van der Waals surface area contributed by atoms with Crippen molar-refractivity contribution in [3.63, 3.8) is 0 Å². The van der Waals surface area contributed by atoms with E-state index in [2.05, 4.69) is 84.6 Å². The van der Waals surface area contributed by atoms with Crippen LogP contribution < -0.4 is 31.1 Å². The van der Waals surface area contributed by atoms with Crippen LogP contribution in [0.5, 0.6) is 0 Å². The number of hydrogen-bond acceptors (Lipinski definition) is 4. The predicted molar refractivity (Wildman–Crippen MR) is 208 cm³/mol. The highest BCUT2D eigenvalue weighted by Crippen LogP contribution is 2.19. The number of benzene rings is 6. The summed E-state index contributed by atoms with van der Waals surface area (Å²) in [5.74, 6) is 6.63. The maximum absolute atomic E-state index is 6.78. The fourth-order valence-electron chi connectivity index (χ4n) is 6.00. The monoisotopic (exact) mass is 690 g/mol. The van der Waals surface area contributed by atoms with Gasteiger partial charge in [0.1, 0.15) is 0 Å². The molecule has 0 aliphatic heterocycles. The Kier molecular flexibility index (Phi) is 10.8. The van der Waals surface area contributed by atoms with E-state index in [0.717, 1.165) is 31.1 Å². The van der Waals surface area contributed by atoms with Gasteiger partial charge in [-0.15, -0.1) is 0 Å². The van der Waals surface area contributed by atoms with E-state index < -0.39 is 27.8 Å². The summed E-state index contributed by atoms with van der Waals surface area (Å²) in [5, 5.41) is 6.43. The van der Waals surface area contributed by atoms with Gasteiger partial charge in [-0.3, -0.25) is 9.15 Å². The average Bonchev–Trinajstić information content (AvgIpc) is 3.17. The second kappa shape index (κ2) is 15.4. The van der Waals surface area contributed by atoms with Gasteiger partial charge in [-0.2, -0.15) is 0 Å². The SMILES string of the molecule is CC(C)(C#CC(C)(C)OO[Si](c1ccccc1)(c1ccccc1)c1ccccc1)OO[Si](c1ccccc1)(c1ccccc1)c1ccccc1. The molecule has 0 heterocycles. The predicted octanol–water partition coefficient (Wildman–Crippen LogP) is 5.78. The molecule has 0 aliphatic carbocycles. The van der Waals surface area contributed by atoms with E-state index in [9.17, 15) is 0 Å². The molecule has 0 unspecified atom stereocenters. The summed E-state index contributed by atoms with van der Waals surface area (Å²) in [5.41, 5.74) is -1.99. The Balaban J connectivity index is 1.31. The summed E-state index contributed by atoms with van der Waals surface area (Å²) in [7, 11) is -6.20. The Morgan fingerprint density at radius 2 is 0.500 bits per heavy atom. The molecule has 50 heavy (non-hydrogen) atoms.